The molecule has 1 heterocycles. The zero-order chi connectivity index (χ0) is 16.6. The van der Waals surface area contributed by atoms with E-state index in [1.54, 1.807) is 25.1 Å². The van der Waals surface area contributed by atoms with E-state index in [1.807, 2.05) is 19.1 Å². The topological polar surface area (TPSA) is 85.4 Å². The molecule has 23 heavy (non-hydrogen) atoms. The van der Waals surface area contributed by atoms with Crippen LogP contribution in [0.2, 0.25) is 0 Å². The van der Waals surface area contributed by atoms with E-state index >= 15 is 0 Å². The van der Waals surface area contributed by atoms with Crippen LogP contribution in [-0.4, -0.2) is 10.8 Å². The SMILES string of the molecule is Cc1ccc2oc(C(=O)Nc3ccccc3[N+](=O)[O-])c(C)c2c1. The molecule has 0 fully saturated rings. The van der Waals surface area contributed by atoms with Crippen LogP contribution in [0.5, 0.6) is 0 Å². The molecular formula is C17H14N2O4. The number of carbonyl (C=O) groups is 1. The van der Waals surface area contributed by atoms with Gasteiger partial charge in [-0.3, -0.25) is 14.9 Å². The second-order valence-electron chi connectivity index (χ2n) is 5.28. The molecule has 2 aromatic carbocycles. The molecule has 3 aromatic rings. The van der Waals surface area contributed by atoms with Crippen molar-refractivity contribution in [3.05, 3.63) is 69.5 Å². The molecule has 1 amide bonds. The lowest BCUT2D eigenvalue weighted by Crippen LogP contribution is -2.13. The first-order valence-corrected chi connectivity index (χ1v) is 7.02. The van der Waals surface area contributed by atoms with E-state index in [0.717, 1.165) is 10.9 Å². The van der Waals surface area contributed by atoms with Gasteiger partial charge in [0.2, 0.25) is 0 Å². The third kappa shape index (κ3) is 2.66. The Bertz CT molecular complexity index is 927. The maximum Gasteiger partial charge on any atom is 0.292 e. The lowest BCUT2D eigenvalue weighted by molar-refractivity contribution is -0.383. The Hall–Kier alpha value is -3.15. The van der Waals surface area contributed by atoms with Crippen molar-refractivity contribution in [1.82, 2.24) is 0 Å². The van der Waals surface area contributed by atoms with E-state index in [9.17, 15) is 14.9 Å². The Balaban J connectivity index is 1.99. The maximum atomic E-state index is 12.4. The number of nitro benzene ring substituents is 1. The molecule has 0 aliphatic heterocycles. The average Bonchev–Trinajstić information content (AvgIpc) is 2.84. The zero-order valence-corrected chi connectivity index (χ0v) is 12.6. The molecule has 0 saturated carbocycles. The smallest absolute Gasteiger partial charge is 0.292 e. The number of fused-ring (bicyclic) bond motifs is 1. The van der Waals surface area contributed by atoms with Gasteiger partial charge in [-0.05, 0) is 32.0 Å². The summed E-state index contributed by atoms with van der Waals surface area (Å²) >= 11 is 0. The molecule has 0 spiro atoms. The van der Waals surface area contributed by atoms with Crippen LogP contribution in [0.25, 0.3) is 11.0 Å². The highest BCUT2D eigenvalue weighted by Crippen LogP contribution is 2.28. The first kappa shape index (κ1) is 14.8. The summed E-state index contributed by atoms with van der Waals surface area (Å²) in [5.41, 5.74) is 2.36. The molecule has 0 atom stereocenters. The van der Waals surface area contributed by atoms with Crippen LogP contribution in [0.4, 0.5) is 11.4 Å². The molecule has 6 heteroatoms. The van der Waals surface area contributed by atoms with Crippen LogP contribution in [0.3, 0.4) is 0 Å². The maximum absolute atomic E-state index is 12.4. The largest absolute Gasteiger partial charge is 0.451 e. The monoisotopic (exact) mass is 310 g/mol. The van der Waals surface area contributed by atoms with Crippen LogP contribution < -0.4 is 5.32 Å². The van der Waals surface area contributed by atoms with Crippen molar-refractivity contribution in [2.24, 2.45) is 0 Å². The highest BCUT2D eigenvalue weighted by Gasteiger charge is 2.21. The van der Waals surface area contributed by atoms with Crippen molar-refractivity contribution in [3.8, 4) is 0 Å². The molecule has 6 nitrogen and oxygen atoms in total. The Morgan fingerprint density at radius 2 is 1.91 bits per heavy atom. The van der Waals surface area contributed by atoms with Crippen LogP contribution in [0.1, 0.15) is 21.7 Å². The Labute approximate surface area is 131 Å². The molecule has 1 aromatic heterocycles. The fraction of sp³-hybridized carbons (Fsp3) is 0.118. The summed E-state index contributed by atoms with van der Waals surface area (Å²) < 4.78 is 5.61. The van der Waals surface area contributed by atoms with Crippen LogP contribution >= 0.6 is 0 Å². The third-order valence-corrected chi connectivity index (χ3v) is 3.65. The van der Waals surface area contributed by atoms with Gasteiger partial charge in [-0.25, -0.2) is 0 Å². The van der Waals surface area contributed by atoms with Gasteiger partial charge in [0.05, 0.1) is 4.92 Å². The highest BCUT2D eigenvalue weighted by atomic mass is 16.6. The number of nitrogens with zero attached hydrogens (tertiary/aromatic N) is 1. The third-order valence-electron chi connectivity index (χ3n) is 3.65. The van der Waals surface area contributed by atoms with Gasteiger partial charge in [-0.1, -0.05) is 23.8 Å². The number of nitrogens with one attached hydrogen (secondary N) is 1. The second-order valence-corrected chi connectivity index (χ2v) is 5.28. The lowest BCUT2D eigenvalue weighted by Gasteiger charge is -2.04. The standard InChI is InChI=1S/C17H14N2O4/c1-10-7-8-15-12(9-10)11(2)16(23-15)17(20)18-13-5-3-4-6-14(13)19(21)22/h3-9H,1-2H3,(H,18,20). The number of nitro groups is 1. The highest BCUT2D eigenvalue weighted by molar-refractivity contribution is 6.07. The van der Waals surface area contributed by atoms with Gasteiger partial charge >= 0.3 is 0 Å². The van der Waals surface area contributed by atoms with Gasteiger partial charge in [0.25, 0.3) is 11.6 Å². The van der Waals surface area contributed by atoms with Gasteiger partial charge in [-0.2, -0.15) is 0 Å². The number of hydrogen-bond donors (Lipinski definition) is 1. The predicted octanol–water partition coefficient (Wildman–Crippen LogP) is 4.21. The lowest BCUT2D eigenvalue weighted by atomic mass is 10.1. The minimum atomic E-state index is -0.537. The normalized spacial score (nSPS) is 10.7. The Morgan fingerprint density at radius 1 is 1.17 bits per heavy atom. The molecule has 116 valence electrons. The number of amides is 1. The molecular weight excluding hydrogens is 296 g/mol. The number of para-hydroxylation sites is 2. The van der Waals surface area contributed by atoms with Crippen molar-refractivity contribution in [2.75, 3.05) is 5.32 Å². The molecule has 0 bridgehead atoms. The van der Waals surface area contributed by atoms with E-state index in [1.165, 1.54) is 12.1 Å². The number of benzene rings is 2. The van der Waals surface area contributed by atoms with E-state index in [-0.39, 0.29) is 17.1 Å². The first-order valence-electron chi connectivity index (χ1n) is 7.02. The van der Waals surface area contributed by atoms with Gasteiger partial charge in [0.1, 0.15) is 11.3 Å². The average molecular weight is 310 g/mol. The van der Waals surface area contributed by atoms with E-state index in [0.29, 0.717) is 11.1 Å². The number of carbonyl (C=O) groups excluding carboxylic acids is 1. The number of rotatable bonds is 3. The van der Waals surface area contributed by atoms with E-state index in [2.05, 4.69) is 5.32 Å². The van der Waals surface area contributed by atoms with Crippen molar-refractivity contribution in [1.29, 1.82) is 0 Å². The van der Waals surface area contributed by atoms with Gasteiger partial charge in [0.15, 0.2) is 5.76 Å². The molecule has 3 rings (SSSR count). The summed E-state index contributed by atoms with van der Waals surface area (Å²) in [6.45, 7) is 3.75. The first-order chi connectivity index (χ1) is 11.0. The number of aryl methyl sites for hydroxylation is 2. The van der Waals surface area contributed by atoms with Crippen LogP contribution in [0, 0.1) is 24.0 Å². The molecule has 0 radical (unpaired) electrons. The van der Waals surface area contributed by atoms with Gasteiger partial charge in [0, 0.05) is 17.0 Å². The summed E-state index contributed by atoms with van der Waals surface area (Å²) in [5.74, 6) is -0.352. The van der Waals surface area contributed by atoms with E-state index in [4.69, 9.17) is 4.42 Å². The molecule has 0 aliphatic carbocycles. The number of hydrogen-bond acceptors (Lipinski definition) is 4. The fourth-order valence-corrected chi connectivity index (χ4v) is 2.47. The quantitative estimate of drug-likeness (QED) is 0.580. The Morgan fingerprint density at radius 3 is 2.65 bits per heavy atom. The minimum Gasteiger partial charge on any atom is -0.451 e. The number of furan rings is 1. The second kappa shape index (κ2) is 5.57. The van der Waals surface area contributed by atoms with E-state index < -0.39 is 10.8 Å². The summed E-state index contributed by atoms with van der Waals surface area (Å²) in [6.07, 6.45) is 0. The zero-order valence-electron chi connectivity index (χ0n) is 12.6. The molecule has 0 saturated heterocycles. The van der Waals surface area contributed by atoms with Crippen molar-refractivity contribution in [3.63, 3.8) is 0 Å². The van der Waals surface area contributed by atoms with Crippen molar-refractivity contribution < 1.29 is 14.1 Å². The predicted molar refractivity (Wildman–Crippen MR) is 86.7 cm³/mol. The number of anilines is 1. The Kier molecular flexibility index (Phi) is 3.57. The summed E-state index contributed by atoms with van der Waals surface area (Å²) in [4.78, 5) is 22.9. The van der Waals surface area contributed by atoms with Gasteiger partial charge < -0.3 is 9.73 Å². The summed E-state index contributed by atoms with van der Waals surface area (Å²) in [5, 5.41) is 14.4. The molecule has 1 N–H and O–H groups in total. The van der Waals surface area contributed by atoms with Crippen molar-refractivity contribution >= 4 is 28.3 Å². The molecule has 0 unspecified atom stereocenters. The van der Waals surface area contributed by atoms with Gasteiger partial charge in [-0.15, -0.1) is 0 Å². The summed E-state index contributed by atoms with van der Waals surface area (Å²) in [7, 11) is 0. The summed E-state index contributed by atoms with van der Waals surface area (Å²) in [6, 6.07) is 11.6. The fourth-order valence-electron chi connectivity index (χ4n) is 2.47. The minimum absolute atomic E-state index is 0.138. The van der Waals surface area contributed by atoms with Crippen molar-refractivity contribution in [2.45, 2.75) is 13.8 Å². The molecule has 0 aliphatic rings. The van der Waals surface area contributed by atoms with Crippen LogP contribution in [-0.2, 0) is 0 Å². The van der Waals surface area contributed by atoms with Crippen LogP contribution in [0.15, 0.2) is 46.9 Å².